The van der Waals surface area contributed by atoms with E-state index in [0.717, 1.165) is 16.5 Å². The summed E-state index contributed by atoms with van der Waals surface area (Å²) in [5, 5.41) is 3.59. The molecule has 0 atom stereocenters. The number of anilines is 1. The molecule has 1 N–H and O–H groups in total. The summed E-state index contributed by atoms with van der Waals surface area (Å²) in [7, 11) is 5.39. The Bertz CT molecular complexity index is 1510. The van der Waals surface area contributed by atoms with Crippen molar-refractivity contribution in [2.24, 2.45) is 0 Å². The minimum absolute atomic E-state index is 0.0393. The number of halogens is 1. The van der Waals surface area contributed by atoms with Crippen molar-refractivity contribution in [1.82, 2.24) is 19.4 Å². The second kappa shape index (κ2) is 11.7. The molecule has 0 unspecified atom stereocenters. The quantitative estimate of drug-likeness (QED) is 0.198. The van der Waals surface area contributed by atoms with E-state index in [1.165, 1.54) is 25.3 Å². The standard InChI is InChI=1S/C28H28FN5O4/c1-18(35)38-17-34-16-25(19-7-8-30-26(29)13-19)24-12-21(15-31-28(24)34)20-10-22(14-23(11-20)37-4)32-27(36)6-5-9-33(2)3/h5-8,10-16H,9,17H2,1-4H3,(H,32,36)/b6-5+. The molecule has 0 spiro atoms. The van der Waals surface area contributed by atoms with Gasteiger partial charge in [0.25, 0.3) is 0 Å². The fourth-order valence-corrected chi connectivity index (χ4v) is 3.90. The number of esters is 1. The molecule has 0 saturated heterocycles. The van der Waals surface area contributed by atoms with E-state index in [0.29, 0.717) is 34.8 Å². The lowest BCUT2D eigenvalue weighted by Gasteiger charge is -2.11. The highest BCUT2D eigenvalue weighted by Gasteiger charge is 2.15. The molecular weight excluding hydrogens is 489 g/mol. The van der Waals surface area contributed by atoms with Crippen molar-refractivity contribution in [3.63, 3.8) is 0 Å². The van der Waals surface area contributed by atoms with Crippen LogP contribution in [-0.2, 0) is 21.1 Å². The van der Waals surface area contributed by atoms with Gasteiger partial charge in [0.15, 0.2) is 6.73 Å². The van der Waals surface area contributed by atoms with Crippen LogP contribution in [0.4, 0.5) is 10.1 Å². The first-order chi connectivity index (χ1) is 18.2. The number of fused-ring (bicyclic) bond motifs is 1. The van der Waals surface area contributed by atoms with E-state index in [1.54, 1.807) is 42.3 Å². The van der Waals surface area contributed by atoms with E-state index in [1.807, 2.05) is 37.2 Å². The average molecular weight is 518 g/mol. The number of nitrogens with one attached hydrogen (secondary N) is 1. The summed E-state index contributed by atoms with van der Waals surface area (Å²) in [5.74, 6) is -0.744. The fraction of sp³-hybridized carbons (Fsp3) is 0.214. The third-order valence-corrected chi connectivity index (χ3v) is 5.64. The smallest absolute Gasteiger partial charge is 0.304 e. The molecule has 0 aliphatic carbocycles. The van der Waals surface area contributed by atoms with Gasteiger partial charge in [-0.25, -0.2) is 9.97 Å². The highest BCUT2D eigenvalue weighted by molar-refractivity contribution is 6.00. The lowest BCUT2D eigenvalue weighted by atomic mass is 10.0. The number of amides is 1. The fourth-order valence-electron chi connectivity index (χ4n) is 3.90. The van der Waals surface area contributed by atoms with E-state index in [9.17, 15) is 14.0 Å². The van der Waals surface area contributed by atoms with Gasteiger partial charge in [-0.05, 0) is 49.5 Å². The first-order valence-electron chi connectivity index (χ1n) is 11.8. The Hall–Kier alpha value is -4.57. The third-order valence-electron chi connectivity index (χ3n) is 5.64. The maximum atomic E-state index is 13.9. The van der Waals surface area contributed by atoms with Crippen LogP contribution < -0.4 is 10.1 Å². The summed E-state index contributed by atoms with van der Waals surface area (Å²) >= 11 is 0. The first kappa shape index (κ1) is 26.5. The van der Waals surface area contributed by atoms with Crippen LogP contribution in [0.1, 0.15) is 6.92 Å². The molecule has 0 saturated carbocycles. The predicted octanol–water partition coefficient (Wildman–Crippen LogP) is 4.49. The summed E-state index contributed by atoms with van der Waals surface area (Å²) in [6.45, 7) is 1.93. The van der Waals surface area contributed by atoms with Gasteiger partial charge in [0.05, 0.1) is 7.11 Å². The SMILES string of the molecule is COc1cc(NC(=O)/C=C/CN(C)C)cc(-c2cnc3c(c2)c(-c2ccnc(F)c2)cn3COC(C)=O)c1. The van der Waals surface area contributed by atoms with Gasteiger partial charge in [0.1, 0.15) is 11.4 Å². The van der Waals surface area contributed by atoms with Crippen molar-refractivity contribution in [2.45, 2.75) is 13.7 Å². The second-order valence-electron chi connectivity index (χ2n) is 8.84. The van der Waals surface area contributed by atoms with Crippen LogP contribution in [-0.4, -0.2) is 59.1 Å². The number of hydrogen-bond acceptors (Lipinski definition) is 7. The van der Waals surface area contributed by atoms with Gasteiger partial charge in [-0.3, -0.25) is 14.2 Å². The Labute approximate surface area is 219 Å². The molecular formula is C28H28FN5O4. The molecule has 10 heteroatoms. The summed E-state index contributed by atoms with van der Waals surface area (Å²) in [6, 6.07) is 10.3. The van der Waals surface area contributed by atoms with Gasteiger partial charge >= 0.3 is 5.97 Å². The summed E-state index contributed by atoms with van der Waals surface area (Å²) in [4.78, 5) is 34.0. The lowest BCUT2D eigenvalue weighted by Crippen LogP contribution is -2.13. The van der Waals surface area contributed by atoms with Crippen LogP contribution in [0.5, 0.6) is 5.75 Å². The number of pyridine rings is 2. The number of hydrogen-bond donors (Lipinski definition) is 1. The molecule has 0 radical (unpaired) electrons. The topological polar surface area (TPSA) is 98.6 Å². The van der Waals surface area contributed by atoms with Crippen LogP contribution in [0.2, 0.25) is 0 Å². The molecule has 0 aliphatic heterocycles. The van der Waals surface area contributed by atoms with Crippen molar-refractivity contribution < 1.29 is 23.5 Å². The molecule has 4 aromatic rings. The number of methoxy groups -OCH3 is 1. The predicted molar refractivity (Wildman–Crippen MR) is 143 cm³/mol. The van der Waals surface area contributed by atoms with E-state index in [-0.39, 0.29) is 12.6 Å². The van der Waals surface area contributed by atoms with Crippen molar-refractivity contribution in [1.29, 1.82) is 0 Å². The van der Waals surface area contributed by atoms with Crippen LogP contribution in [0.15, 0.2) is 67.1 Å². The number of rotatable bonds is 9. The normalized spacial score (nSPS) is 11.3. The van der Waals surface area contributed by atoms with E-state index < -0.39 is 11.9 Å². The van der Waals surface area contributed by atoms with Gasteiger partial charge in [-0.1, -0.05) is 6.08 Å². The molecule has 0 fully saturated rings. The maximum Gasteiger partial charge on any atom is 0.304 e. The maximum absolute atomic E-state index is 13.9. The van der Waals surface area contributed by atoms with Crippen LogP contribution in [0.25, 0.3) is 33.3 Å². The van der Waals surface area contributed by atoms with Gasteiger partial charge in [0.2, 0.25) is 11.9 Å². The van der Waals surface area contributed by atoms with Crippen molar-refractivity contribution in [3.8, 4) is 28.0 Å². The van der Waals surface area contributed by atoms with E-state index in [4.69, 9.17) is 9.47 Å². The molecule has 9 nitrogen and oxygen atoms in total. The van der Waals surface area contributed by atoms with Crippen molar-refractivity contribution in [3.05, 3.63) is 73.1 Å². The Morgan fingerprint density at radius 2 is 1.92 bits per heavy atom. The Balaban J connectivity index is 1.76. The first-order valence-corrected chi connectivity index (χ1v) is 11.8. The molecule has 1 aromatic carbocycles. The van der Waals surface area contributed by atoms with E-state index >= 15 is 0 Å². The largest absolute Gasteiger partial charge is 0.497 e. The number of aromatic nitrogens is 3. The average Bonchev–Trinajstić information content (AvgIpc) is 3.25. The van der Waals surface area contributed by atoms with Gasteiger partial charge < -0.3 is 19.7 Å². The van der Waals surface area contributed by atoms with Crippen LogP contribution in [0, 0.1) is 5.95 Å². The Kier molecular flexibility index (Phi) is 8.12. The van der Waals surface area contributed by atoms with Crippen LogP contribution >= 0.6 is 0 Å². The summed E-state index contributed by atoms with van der Waals surface area (Å²) in [6.07, 6.45) is 8.09. The number of carbonyl (C=O) groups excluding carboxylic acids is 2. The Morgan fingerprint density at radius 3 is 2.63 bits per heavy atom. The Morgan fingerprint density at radius 1 is 1.11 bits per heavy atom. The zero-order chi connectivity index (χ0) is 27.2. The summed E-state index contributed by atoms with van der Waals surface area (Å²) < 4.78 is 26.3. The van der Waals surface area contributed by atoms with Crippen molar-refractivity contribution >= 4 is 28.6 Å². The van der Waals surface area contributed by atoms with Crippen LogP contribution in [0.3, 0.4) is 0 Å². The van der Waals surface area contributed by atoms with E-state index in [2.05, 4.69) is 15.3 Å². The lowest BCUT2D eigenvalue weighted by molar-refractivity contribution is -0.144. The van der Waals surface area contributed by atoms with Gasteiger partial charge in [-0.2, -0.15) is 4.39 Å². The minimum Gasteiger partial charge on any atom is -0.497 e. The van der Waals surface area contributed by atoms with Gasteiger partial charge in [-0.15, -0.1) is 0 Å². The molecule has 1 amide bonds. The highest BCUT2D eigenvalue weighted by Crippen LogP contribution is 2.35. The number of nitrogens with zero attached hydrogens (tertiary/aromatic N) is 4. The molecule has 0 aliphatic rings. The second-order valence-corrected chi connectivity index (χ2v) is 8.84. The zero-order valence-corrected chi connectivity index (χ0v) is 21.6. The monoisotopic (exact) mass is 517 g/mol. The highest BCUT2D eigenvalue weighted by atomic mass is 19.1. The molecule has 4 rings (SSSR count). The number of benzene rings is 1. The van der Waals surface area contributed by atoms with Crippen molar-refractivity contribution in [2.75, 3.05) is 33.1 Å². The molecule has 0 bridgehead atoms. The number of ether oxygens (including phenoxy) is 2. The minimum atomic E-state index is -0.611. The molecule has 196 valence electrons. The molecule has 38 heavy (non-hydrogen) atoms. The zero-order valence-electron chi connectivity index (χ0n) is 21.6. The molecule has 3 heterocycles. The molecule has 3 aromatic heterocycles. The number of carbonyl (C=O) groups is 2. The summed E-state index contributed by atoms with van der Waals surface area (Å²) in [5.41, 5.74) is 3.92. The van der Waals surface area contributed by atoms with Gasteiger partial charge in [0, 0.05) is 72.5 Å². The third kappa shape index (κ3) is 6.40. The number of likely N-dealkylation sites (N-methyl/N-ethyl adjacent to an activating group) is 1.